The van der Waals surface area contributed by atoms with E-state index in [4.69, 9.17) is 9.41 Å². The molecule has 24 heavy (non-hydrogen) atoms. The Bertz CT molecular complexity index is 593. The summed E-state index contributed by atoms with van der Waals surface area (Å²) in [6.45, 7) is 9.80. The second kappa shape index (κ2) is 9.09. The van der Waals surface area contributed by atoms with Crippen LogP contribution >= 0.6 is 0 Å². The molecule has 0 aliphatic heterocycles. The third-order valence-corrected chi connectivity index (χ3v) is 8.90. The third-order valence-electron chi connectivity index (χ3n) is 4.22. The number of hydrogen-bond donors (Lipinski definition) is 0. The lowest BCUT2D eigenvalue weighted by Crippen LogP contribution is -2.51. The van der Waals surface area contributed by atoms with Crippen LogP contribution in [0.2, 0.25) is 12.1 Å². The summed E-state index contributed by atoms with van der Waals surface area (Å²) in [4.78, 5) is 9.09. The van der Waals surface area contributed by atoms with Crippen LogP contribution in [0.5, 0.6) is 0 Å². The van der Waals surface area contributed by atoms with Gasteiger partial charge in [-0.1, -0.05) is 52.7 Å². The van der Waals surface area contributed by atoms with Crippen molar-refractivity contribution in [3.8, 4) is 11.4 Å². The highest BCUT2D eigenvalue weighted by atomic mass is 28.4. The smallest absolute Gasteiger partial charge is 0.225 e. The minimum Gasteiger partial charge on any atom is -0.412 e. The molecule has 0 bridgehead atoms. The molecule has 3 nitrogen and oxygen atoms in total. The fourth-order valence-corrected chi connectivity index (χ4v) is 7.34. The highest BCUT2D eigenvalue weighted by Gasteiger charge is 2.36. The van der Waals surface area contributed by atoms with Crippen LogP contribution in [-0.2, 0) is 4.43 Å². The van der Waals surface area contributed by atoms with Gasteiger partial charge in [-0.15, -0.1) is 0 Å². The molecular formula is C20H30N2OSi. The summed E-state index contributed by atoms with van der Waals surface area (Å²) in [6, 6.07) is 12.6. The molecule has 4 heteroatoms. The van der Waals surface area contributed by atoms with Crippen LogP contribution in [0.25, 0.3) is 11.4 Å². The average molecular weight is 343 g/mol. The largest absolute Gasteiger partial charge is 0.412 e. The summed E-state index contributed by atoms with van der Waals surface area (Å²) in [5.41, 5.74) is 1.85. The number of rotatable bonds is 9. The predicted molar refractivity (Wildman–Crippen MR) is 104 cm³/mol. The zero-order chi connectivity index (χ0) is 17.4. The number of pyridine rings is 2. The van der Waals surface area contributed by atoms with Gasteiger partial charge in [0.25, 0.3) is 0 Å². The lowest BCUT2D eigenvalue weighted by Gasteiger charge is -2.32. The van der Waals surface area contributed by atoms with E-state index in [9.17, 15) is 0 Å². The summed E-state index contributed by atoms with van der Waals surface area (Å²) >= 11 is 0. The Balaban J connectivity index is 2.31. The molecule has 2 aromatic rings. The maximum Gasteiger partial charge on any atom is 0.225 e. The Morgan fingerprint density at radius 3 is 2.17 bits per heavy atom. The first-order valence-corrected chi connectivity index (χ1v) is 11.5. The molecule has 0 fully saturated rings. The van der Waals surface area contributed by atoms with E-state index >= 15 is 0 Å². The number of hydrogen-bond acceptors (Lipinski definition) is 3. The van der Waals surface area contributed by atoms with Gasteiger partial charge in [0.15, 0.2) is 0 Å². The van der Waals surface area contributed by atoms with Gasteiger partial charge in [0, 0.05) is 19.0 Å². The van der Waals surface area contributed by atoms with Crippen molar-refractivity contribution in [2.75, 3.05) is 6.61 Å². The summed E-state index contributed by atoms with van der Waals surface area (Å²) < 4.78 is 6.59. The van der Waals surface area contributed by atoms with Crippen LogP contribution in [0.3, 0.4) is 0 Å². The maximum absolute atomic E-state index is 6.59. The molecule has 2 aromatic heterocycles. The van der Waals surface area contributed by atoms with Gasteiger partial charge in [0.1, 0.15) is 0 Å². The Morgan fingerprint density at radius 1 is 0.958 bits per heavy atom. The van der Waals surface area contributed by atoms with E-state index in [-0.39, 0.29) is 0 Å². The van der Waals surface area contributed by atoms with Gasteiger partial charge in [0.05, 0.1) is 11.4 Å². The summed E-state index contributed by atoms with van der Waals surface area (Å²) in [7, 11) is -1.94. The summed E-state index contributed by atoms with van der Waals surface area (Å²) in [6.07, 6.45) is 6.17. The molecule has 0 saturated heterocycles. The van der Waals surface area contributed by atoms with Crippen molar-refractivity contribution in [2.45, 2.75) is 52.6 Å². The molecule has 0 N–H and O–H groups in total. The highest BCUT2D eigenvalue weighted by molar-refractivity contribution is 6.86. The zero-order valence-corrected chi connectivity index (χ0v) is 16.5. The summed E-state index contributed by atoms with van der Waals surface area (Å²) in [5.74, 6) is 0.561. The summed E-state index contributed by atoms with van der Waals surface area (Å²) in [5, 5.41) is 1.33. The van der Waals surface area contributed by atoms with Gasteiger partial charge in [-0.25, -0.2) is 0 Å². The van der Waals surface area contributed by atoms with Crippen molar-refractivity contribution in [1.29, 1.82) is 0 Å². The molecular weight excluding hydrogens is 312 g/mol. The Hall–Kier alpha value is -1.52. The van der Waals surface area contributed by atoms with Gasteiger partial charge in [-0.3, -0.25) is 9.97 Å². The number of nitrogens with zero attached hydrogens (tertiary/aromatic N) is 2. The molecule has 0 aliphatic carbocycles. The van der Waals surface area contributed by atoms with E-state index in [0.29, 0.717) is 5.92 Å². The molecule has 0 aromatic carbocycles. The quantitative estimate of drug-likeness (QED) is 0.615. The van der Waals surface area contributed by atoms with E-state index in [1.165, 1.54) is 5.19 Å². The standard InChI is InChI=1S/C20H30N2OSi/c1-5-13-24(14-6-2,23-16-17(3)4)18-10-11-20(22-15-18)19-9-7-8-12-21-19/h7-12,15,17H,5-6,13-14,16H2,1-4H3. The van der Waals surface area contributed by atoms with E-state index in [1.54, 1.807) is 0 Å². The lowest BCUT2D eigenvalue weighted by atomic mass is 10.2. The van der Waals surface area contributed by atoms with Crippen LogP contribution < -0.4 is 5.19 Å². The van der Waals surface area contributed by atoms with Crippen molar-refractivity contribution < 1.29 is 4.43 Å². The van der Waals surface area contributed by atoms with Crippen LogP contribution in [-0.4, -0.2) is 24.9 Å². The highest BCUT2D eigenvalue weighted by Crippen LogP contribution is 2.23. The fraction of sp³-hybridized carbons (Fsp3) is 0.500. The van der Waals surface area contributed by atoms with Crippen molar-refractivity contribution in [1.82, 2.24) is 9.97 Å². The molecule has 2 heterocycles. The monoisotopic (exact) mass is 342 g/mol. The molecule has 0 amide bonds. The second-order valence-corrected chi connectivity index (χ2v) is 10.7. The lowest BCUT2D eigenvalue weighted by molar-refractivity contribution is 0.260. The SMILES string of the molecule is CCC[Si](CCC)(OCC(C)C)c1ccc(-c2ccccn2)nc1. The molecule has 130 valence electrons. The van der Waals surface area contributed by atoms with Gasteiger partial charge in [-0.2, -0.15) is 0 Å². The Labute approximate surface area is 147 Å². The first-order chi connectivity index (χ1) is 11.6. The maximum atomic E-state index is 6.59. The molecule has 0 saturated carbocycles. The van der Waals surface area contributed by atoms with Crippen molar-refractivity contribution >= 4 is 13.5 Å². The third kappa shape index (κ3) is 4.74. The Kier molecular flexibility index (Phi) is 7.12. The van der Waals surface area contributed by atoms with Gasteiger partial charge >= 0.3 is 0 Å². The number of aromatic nitrogens is 2. The molecule has 2 rings (SSSR count). The van der Waals surface area contributed by atoms with E-state index < -0.39 is 8.32 Å². The van der Waals surface area contributed by atoms with Crippen molar-refractivity contribution in [3.05, 3.63) is 42.7 Å². The fourth-order valence-electron chi connectivity index (χ4n) is 3.10. The van der Waals surface area contributed by atoms with Gasteiger partial charge in [-0.05, 0) is 41.4 Å². The normalized spacial score (nSPS) is 11.9. The molecule has 0 unspecified atom stereocenters. The first-order valence-electron chi connectivity index (χ1n) is 9.13. The van der Waals surface area contributed by atoms with Crippen LogP contribution in [0.1, 0.15) is 40.5 Å². The van der Waals surface area contributed by atoms with E-state index in [1.807, 2.05) is 30.6 Å². The van der Waals surface area contributed by atoms with E-state index in [2.05, 4.69) is 44.8 Å². The Morgan fingerprint density at radius 2 is 1.67 bits per heavy atom. The molecule has 0 radical (unpaired) electrons. The van der Waals surface area contributed by atoms with Crippen LogP contribution in [0, 0.1) is 5.92 Å². The van der Waals surface area contributed by atoms with E-state index in [0.717, 1.165) is 42.9 Å². The topological polar surface area (TPSA) is 35.0 Å². The zero-order valence-electron chi connectivity index (χ0n) is 15.5. The predicted octanol–water partition coefficient (Wildman–Crippen LogP) is 4.79. The van der Waals surface area contributed by atoms with Crippen LogP contribution in [0.4, 0.5) is 0 Å². The van der Waals surface area contributed by atoms with Crippen LogP contribution in [0.15, 0.2) is 42.7 Å². The van der Waals surface area contributed by atoms with Crippen molar-refractivity contribution in [3.63, 3.8) is 0 Å². The van der Waals surface area contributed by atoms with Gasteiger partial charge < -0.3 is 4.43 Å². The molecule has 0 spiro atoms. The molecule has 0 atom stereocenters. The second-order valence-electron chi connectivity index (χ2n) is 6.85. The van der Waals surface area contributed by atoms with Gasteiger partial charge in [0.2, 0.25) is 8.32 Å². The molecule has 0 aliphatic rings. The minimum atomic E-state index is -1.94. The van der Waals surface area contributed by atoms with Crippen molar-refractivity contribution in [2.24, 2.45) is 5.92 Å². The average Bonchev–Trinajstić information content (AvgIpc) is 2.61. The minimum absolute atomic E-state index is 0.561. The first kappa shape index (κ1) is 18.8.